The summed E-state index contributed by atoms with van der Waals surface area (Å²) in [5.74, 6) is -2.30. The fraction of sp³-hybridized carbons (Fsp3) is 0.350. The van der Waals surface area contributed by atoms with Crippen molar-refractivity contribution in [2.75, 3.05) is 6.61 Å². The van der Waals surface area contributed by atoms with Gasteiger partial charge in [0, 0.05) is 17.0 Å². The molecule has 8 nitrogen and oxygen atoms in total. The normalized spacial score (nSPS) is 11.0. The van der Waals surface area contributed by atoms with Crippen molar-refractivity contribution < 1.29 is 34.1 Å². The SMILES string of the molecule is Cc1c(-c2ccc(CNC(=O)OC(C)(C)C)cc2)sc(C(=O)O)c1OCC(=O)O. The molecule has 0 saturated heterocycles. The Morgan fingerprint density at radius 1 is 1.10 bits per heavy atom. The van der Waals surface area contributed by atoms with Gasteiger partial charge in [0.15, 0.2) is 11.5 Å². The van der Waals surface area contributed by atoms with E-state index < -0.39 is 30.2 Å². The lowest BCUT2D eigenvalue weighted by atomic mass is 10.1. The van der Waals surface area contributed by atoms with Crippen molar-refractivity contribution in [1.82, 2.24) is 5.32 Å². The Balaban J connectivity index is 2.17. The van der Waals surface area contributed by atoms with Gasteiger partial charge in [-0.2, -0.15) is 0 Å². The third kappa shape index (κ3) is 6.21. The Bertz CT molecular complexity index is 910. The molecular weight excluding hydrogens is 398 g/mol. The summed E-state index contributed by atoms with van der Waals surface area (Å²) < 4.78 is 10.4. The van der Waals surface area contributed by atoms with Gasteiger partial charge in [-0.1, -0.05) is 24.3 Å². The number of carbonyl (C=O) groups is 3. The van der Waals surface area contributed by atoms with Gasteiger partial charge in [0.05, 0.1) is 0 Å². The highest BCUT2D eigenvalue weighted by Gasteiger charge is 2.23. The average molecular weight is 421 g/mol. The molecule has 0 aliphatic rings. The number of aromatic carboxylic acids is 1. The predicted octanol–water partition coefficient (Wildman–Crippen LogP) is 3.91. The zero-order chi connectivity index (χ0) is 21.8. The molecule has 0 spiro atoms. The van der Waals surface area contributed by atoms with E-state index in [0.29, 0.717) is 10.4 Å². The predicted molar refractivity (Wildman–Crippen MR) is 108 cm³/mol. The molecule has 1 amide bonds. The van der Waals surface area contributed by atoms with Crippen LogP contribution in [0.4, 0.5) is 4.79 Å². The molecule has 29 heavy (non-hydrogen) atoms. The van der Waals surface area contributed by atoms with Crippen molar-refractivity contribution in [3.05, 3.63) is 40.3 Å². The number of amides is 1. The van der Waals surface area contributed by atoms with Crippen LogP contribution in [-0.4, -0.2) is 40.5 Å². The fourth-order valence-electron chi connectivity index (χ4n) is 2.48. The molecule has 156 valence electrons. The molecule has 0 aliphatic carbocycles. The minimum absolute atomic E-state index is 0.0468. The standard InChI is InChI=1S/C20H23NO7S/c1-11-15(27-10-14(22)23)17(18(24)25)29-16(11)13-7-5-12(6-8-13)9-21-19(26)28-20(2,3)4/h5-8H,9-10H2,1-4H3,(H,21,26)(H,22,23)(H,24,25). The van der Waals surface area contributed by atoms with Crippen molar-refractivity contribution in [3.63, 3.8) is 0 Å². The first kappa shape index (κ1) is 22.2. The lowest BCUT2D eigenvalue weighted by Gasteiger charge is -2.19. The third-order valence-corrected chi connectivity index (χ3v) is 4.99. The molecular formula is C20H23NO7S. The van der Waals surface area contributed by atoms with Gasteiger partial charge in [0.25, 0.3) is 0 Å². The number of aliphatic carboxylic acids is 1. The minimum atomic E-state index is -1.18. The van der Waals surface area contributed by atoms with Gasteiger partial charge in [-0.25, -0.2) is 14.4 Å². The summed E-state index contributed by atoms with van der Waals surface area (Å²) in [5, 5.41) is 20.9. The maximum Gasteiger partial charge on any atom is 0.407 e. The van der Waals surface area contributed by atoms with Crippen LogP contribution in [0.1, 0.15) is 41.6 Å². The second-order valence-corrected chi connectivity index (χ2v) is 8.27. The van der Waals surface area contributed by atoms with E-state index in [1.54, 1.807) is 39.8 Å². The van der Waals surface area contributed by atoms with E-state index in [4.69, 9.17) is 14.6 Å². The van der Waals surface area contributed by atoms with Crippen LogP contribution in [-0.2, 0) is 16.1 Å². The number of thiophene rings is 1. The van der Waals surface area contributed by atoms with E-state index in [1.807, 2.05) is 12.1 Å². The molecule has 0 atom stereocenters. The quantitative estimate of drug-likeness (QED) is 0.619. The van der Waals surface area contributed by atoms with Crippen LogP contribution in [0.3, 0.4) is 0 Å². The van der Waals surface area contributed by atoms with Crippen LogP contribution >= 0.6 is 11.3 Å². The van der Waals surface area contributed by atoms with E-state index in [2.05, 4.69) is 5.32 Å². The number of alkyl carbamates (subject to hydrolysis) is 1. The highest BCUT2D eigenvalue weighted by molar-refractivity contribution is 7.18. The Kier molecular flexibility index (Phi) is 6.86. The molecule has 0 unspecified atom stereocenters. The number of carboxylic acids is 2. The first-order valence-electron chi connectivity index (χ1n) is 8.75. The monoisotopic (exact) mass is 421 g/mol. The maximum absolute atomic E-state index is 11.7. The number of hydrogen-bond donors (Lipinski definition) is 3. The largest absolute Gasteiger partial charge is 0.480 e. The molecule has 0 saturated carbocycles. The molecule has 2 aromatic rings. The zero-order valence-electron chi connectivity index (χ0n) is 16.6. The van der Waals surface area contributed by atoms with Crippen LogP contribution in [0.2, 0.25) is 0 Å². The van der Waals surface area contributed by atoms with Gasteiger partial charge >= 0.3 is 18.0 Å². The molecule has 9 heteroatoms. The van der Waals surface area contributed by atoms with Crippen LogP contribution < -0.4 is 10.1 Å². The van der Waals surface area contributed by atoms with Crippen molar-refractivity contribution in [3.8, 4) is 16.2 Å². The van der Waals surface area contributed by atoms with Gasteiger partial charge in [-0.15, -0.1) is 11.3 Å². The summed E-state index contributed by atoms with van der Waals surface area (Å²) in [5.41, 5.74) is 1.59. The smallest absolute Gasteiger partial charge is 0.407 e. The van der Waals surface area contributed by atoms with Gasteiger partial charge in [-0.05, 0) is 38.8 Å². The second kappa shape index (κ2) is 8.95. The van der Waals surface area contributed by atoms with Crippen molar-refractivity contribution >= 4 is 29.4 Å². The lowest BCUT2D eigenvalue weighted by molar-refractivity contribution is -0.139. The Labute approximate surface area is 172 Å². The summed E-state index contributed by atoms with van der Waals surface area (Å²) in [4.78, 5) is 34.6. The number of ether oxygens (including phenoxy) is 2. The molecule has 0 fully saturated rings. The third-order valence-electron chi connectivity index (χ3n) is 3.68. The Morgan fingerprint density at radius 3 is 2.24 bits per heavy atom. The van der Waals surface area contributed by atoms with Gasteiger partial charge in [0.2, 0.25) is 0 Å². The van der Waals surface area contributed by atoms with Crippen LogP contribution in [0.15, 0.2) is 24.3 Å². The fourth-order valence-corrected chi connectivity index (χ4v) is 3.58. The first-order chi connectivity index (χ1) is 13.5. The number of nitrogens with one attached hydrogen (secondary N) is 1. The van der Waals surface area contributed by atoms with Crippen molar-refractivity contribution in [1.29, 1.82) is 0 Å². The van der Waals surface area contributed by atoms with E-state index in [-0.39, 0.29) is 17.2 Å². The summed E-state index contributed by atoms with van der Waals surface area (Å²) >= 11 is 1.02. The molecule has 0 aliphatic heterocycles. The first-order valence-corrected chi connectivity index (χ1v) is 9.57. The van der Waals surface area contributed by atoms with Crippen LogP contribution in [0, 0.1) is 6.92 Å². The van der Waals surface area contributed by atoms with Crippen molar-refractivity contribution in [2.24, 2.45) is 0 Å². The lowest BCUT2D eigenvalue weighted by Crippen LogP contribution is -2.32. The van der Waals surface area contributed by atoms with E-state index in [1.165, 1.54) is 0 Å². The number of hydrogen-bond acceptors (Lipinski definition) is 6. The van der Waals surface area contributed by atoms with Gasteiger partial charge < -0.3 is 25.0 Å². The molecule has 2 rings (SSSR count). The number of carbonyl (C=O) groups excluding carboxylic acids is 1. The molecule has 0 bridgehead atoms. The van der Waals surface area contributed by atoms with Gasteiger partial charge in [0.1, 0.15) is 11.4 Å². The molecule has 3 N–H and O–H groups in total. The Morgan fingerprint density at radius 2 is 1.72 bits per heavy atom. The molecule has 0 radical (unpaired) electrons. The number of rotatable bonds is 7. The molecule has 1 aromatic heterocycles. The summed E-state index contributed by atoms with van der Waals surface area (Å²) in [6.45, 7) is 6.70. The summed E-state index contributed by atoms with van der Waals surface area (Å²) in [6.07, 6.45) is -0.512. The highest BCUT2D eigenvalue weighted by atomic mass is 32.1. The molecule has 1 heterocycles. The van der Waals surface area contributed by atoms with Crippen LogP contribution in [0.25, 0.3) is 10.4 Å². The van der Waals surface area contributed by atoms with E-state index >= 15 is 0 Å². The van der Waals surface area contributed by atoms with E-state index in [0.717, 1.165) is 22.5 Å². The molecule has 1 aromatic carbocycles. The minimum Gasteiger partial charge on any atom is -0.480 e. The van der Waals surface area contributed by atoms with Gasteiger partial charge in [-0.3, -0.25) is 0 Å². The van der Waals surface area contributed by atoms with Crippen molar-refractivity contribution in [2.45, 2.75) is 39.8 Å². The van der Waals surface area contributed by atoms with E-state index in [9.17, 15) is 19.5 Å². The maximum atomic E-state index is 11.7. The zero-order valence-corrected chi connectivity index (χ0v) is 17.4. The Hall–Kier alpha value is -3.07. The summed E-state index contributed by atoms with van der Waals surface area (Å²) in [6, 6.07) is 7.23. The topological polar surface area (TPSA) is 122 Å². The number of carboxylic acid groups (broad SMARTS) is 2. The second-order valence-electron chi connectivity index (χ2n) is 7.25. The average Bonchev–Trinajstić information content (AvgIpc) is 2.94. The number of benzene rings is 1. The summed E-state index contributed by atoms with van der Waals surface area (Å²) in [7, 11) is 0. The highest BCUT2D eigenvalue weighted by Crippen LogP contribution is 2.41. The van der Waals surface area contributed by atoms with Crippen LogP contribution in [0.5, 0.6) is 5.75 Å².